The number of nitrogens with zero attached hydrogens (tertiary/aromatic N) is 2. The third kappa shape index (κ3) is 9.56. The lowest BCUT2D eigenvalue weighted by Gasteiger charge is -2.25. The van der Waals surface area contributed by atoms with Gasteiger partial charge >= 0.3 is 0 Å². The molecule has 8 heteroatoms. The van der Waals surface area contributed by atoms with Crippen LogP contribution in [-0.4, -0.2) is 70.5 Å². The van der Waals surface area contributed by atoms with E-state index in [1.54, 1.807) is 7.11 Å². The van der Waals surface area contributed by atoms with Gasteiger partial charge in [-0.05, 0) is 50.7 Å². The molecule has 1 fully saturated rings. The predicted octanol–water partition coefficient (Wildman–Crippen LogP) is 3.11. The van der Waals surface area contributed by atoms with Crippen LogP contribution in [0.1, 0.15) is 37.1 Å². The number of nitrogens with one attached hydrogen (secondary N) is 2. The van der Waals surface area contributed by atoms with Crippen molar-refractivity contribution in [3.63, 3.8) is 0 Å². The normalized spacial score (nSPS) is 16.1. The number of likely N-dealkylation sites (tertiary alicyclic amines) is 1. The number of aliphatic imine (C=N–C) groups is 1. The number of methoxy groups -OCH3 is 1. The molecule has 1 unspecified atom stereocenters. The Balaban J connectivity index is 0.00000364. The van der Waals surface area contributed by atoms with E-state index in [0.717, 1.165) is 38.6 Å². The molecular weight excluding hydrogens is 475 g/mol. The highest BCUT2D eigenvalue weighted by atomic mass is 127. The van der Waals surface area contributed by atoms with E-state index in [1.807, 2.05) is 11.3 Å². The van der Waals surface area contributed by atoms with Gasteiger partial charge in [-0.25, -0.2) is 0 Å². The van der Waals surface area contributed by atoms with Crippen LogP contribution in [0.4, 0.5) is 0 Å². The van der Waals surface area contributed by atoms with Crippen LogP contribution in [0, 0.1) is 0 Å². The van der Waals surface area contributed by atoms with Gasteiger partial charge in [0.2, 0.25) is 0 Å². The quantitative estimate of drug-likeness (QED) is 0.196. The Morgan fingerprint density at radius 3 is 2.74 bits per heavy atom. The van der Waals surface area contributed by atoms with Gasteiger partial charge in [0.25, 0.3) is 0 Å². The van der Waals surface area contributed by atoms with Crippen LogP contribution in [-0.2, 0) is 9.47 Å². The van der Waals surface area contributed by atoms with Crippen molar-refractivity contribution >= 4 is 41.3 Å². The van der Waals surface area contributed by atoms with Crippen LogP contribution >= 0.6 is 35.3 Å². The summed E-state index contributed by atoms with van der Waals surface area (Å²) in [6, 6.07) is 4.77. The van der Waals surface area contributed by atoms with Crippen LogP contribution < -0.4 is 10.6 Å². The van der Waals surface area contributed by atoms with Crippen molar-refractivity contribution in [2.45, 2.75) is 32.2 Å². The van der Waals surface area contributed by atoms with Crippen LogP contribution in [0.25, 0.3) is 0 Å². The lowest BCUT2D eigenvalue weighted by molar-refractivity contribution is 0.0698. The highest BCUT2D eigenvalue weighted by molar-refractivity contribution is 14.0. The van der Waals surface area contributed by atoms with Crippen molar-refractivity contribution in [1.82, 2.24) is 15.5 Å². The fraction of sp³-hybridized carbons (Fsp3) is 0.737. The first-order chi connectivity index (χ1) is 12.8. The molecule has 1 atom stereocenters. The lowest BCUT2D eigenvalue weighted by atomic mass is 10.2. The Hall–Kier alpha value is -0.420. The van der Waals surface area contributed by atoms with E-state index in [0.29, 0.717) is 19.3 Å². The average Bonchev–Trinajstić information content (AvgIpc) is 3.35. The smallest absolute Gasteiger partial charge is 0.191 e. The van der Waals surface area contributed by atoms with E-state index in [4.69, 9.17) is 14.5 Å². The minimum Gasteiger partial charge on any atom is -0.382 e. The van der Waals surface area contributed by atoms with Crippen molar-refractivity contribution in [3.8, 4) is 0 Å². The van der Waals surface area contributed by atoms with Gasteiger partial charge in [0, 0.05) is 31.7 Å². The Bertz CT molecular complexity index is 496. The number of guanidine groups is 1. The Morgan fingerprint density at radius 1 is 1.26 bits per heavy atom. The van der Waals surface area contributed by atoms with Gasteiger partial charge in [0.15, 0.2) is 5.96 Å². The van der Waals surface area contributed by atoms with Gasteiger partial charge < -0.3 is 20.1 Å². The third-order valence-electron chi connectivity index (χ3n) is 4.41. The number of hydrogen-bond acceptors (Lipinski definition) is 5. The van der Waals surface area contributed by atoms with E-state index < -0.39 is 0 Å². The SMILES string of the molecule is CCNC(=NCC(c1cccs1)N1CCCC1)NCCCOCCOC.I. The molecule has 1 aliphatic rings. The van der Waals surface area contributed by atoms with E-state index in [-0.39, 0.29) is 24.0 Å². The molecule has 156 valence electrons. The zero-order valence-electron chi connectivity index (χ0n) is 16.6. The summed E-state index contributed by atoms with van der Waals surface area (Å²) in [6.45, 7) is 9.02. The number of ether oxygens (including phenoxy) is 2. The topological polar surface area (TPSA) is 58.1 Å². The molecular formula is C19H35IN4O2S. The molecule has 0 aliphatic carbocycles. The number of hydrogen-bond donors (Lipinski definition) is 2. The minimum absolute atomic E-state index is 0. The molecule has 6 nitrogen and oxygen atoms in total. The first-order valence-electron chi connectivity index (χ1n) is 9.71. The van der Waals surface area contributed by atoms with E-state index in [2.05, 4.69) is 40.0 Å². The number of halogens is 1. The van der Waals surface area contributed by atoms with Gasteiger partial charge in [-0.2, -0.15) is 0 Å². The van der Waals surface area contributed by atoms with Crippen molar-refractivity contribution in [2.75, 3.05) is 59.7 Å². The first kappa shape index (κ1) is 24.6. The molecule has 0 amide bonds. The maximum Gasteiger partial charge on any atom is 0.191 e. The molecule has 1 aliphatic heterocycles. The summed E-state index contributed by atoms with van der Waals surface area (Å²) in [5.74, 6) is 0.894. The Morgan fingerprint density at radius 2 is 2.07 bits per heavy atom. The number of rotatable bonds is 12. The van der Waals surface area contributed by atoms with Crippen LogP contribution in [0.3, 0.4) is 0 Å². The summed E-state index contributed by atoms with van der Waals surface area (Å²) in [5, 5.41) is 8.93. The summed E-state index contributed by atoms with van der Waals surface area (Å²) in [6.07, 6.45) is 3.55. The second-order valence-electron chi connectivity index (χ2n) is 6.38. The predicted molar refractivity (Wildman–Crippen MR) is 125 cm³/mol. The summed E-state index contributed by atoms with van der Waals surface area (Å²) < 4.78 is 10.5. The highest BCUT2D eigenvalue weighted by Crippen LogP contribution is 2.28. The second-order valence-corrected chi connectivity index (χ2v) is 7.36. The molecule has 0 bridgehead atoms. The van der Waals surface area contributed by atoms with Crippen LogP contribution in [0.2, 0.25) is 0 Å². The maximum absolute atomic E-state index is 5.50. The molecule has 1 aromatic rings. The molecule has 2 rings (SSSR count). The van der Waals surface area contributed by atoms with Crippen molar-refractivity contribution in [3.05, 3.63) is 22.4 Å². The van der Waals surface area contributed by atoms with Crippen LogP contribution in [0.15, 0.2) is 22.5 Å². The summed E-state index contributed by atoms with van der Waals surface area (Å²) in [4.78, 5) is 8.85. The Kier molecular flexibility index (Phi) is 14.1. The fourth-order valence-corrected chi connectivity index (χ4v) is 3.92. The number of thiophene rings is 1. The van der Waals surface area contributed by atoms with E-state index in [9.17, 15) is 0 Å². The molecule has 0 saturated carbocycles. The monoisotopic (exact) mass is 510 g/mol. The van der Waals surface area contributed by atoms with Gasteiger partial charge in [-0.1, -0.05) is 6.07 Å². The molecule has 2 heterocycles. The van der Waals surface area contributed by atoms with E-state index >= 15 is 0 Å². The Labute approximate surface area is 185 Å². The minimum atomic E-state index is 0. The largest absolute Gasteiger partial charge is 0.382 e. The maximum atomic E-state index is 5.50. The first-order valence-corrected chi connectivity index (χ1v) is 10.6. The molecule has 0 spiro atoms. The molecule has 27 heavy (non-hydrogen) atoms. The molecule has 2 N–H and O–H groups in total. The van der Waals surface area contributed by atoms with Gasteiger partial charge in [-0.15, -0.1) is 35.3 Å². The zero-order chi connectivity index (χ0) is 18.5. The molecule has 0 radical (unpaired) electrons. The lowest BCUT2D eigenvalue weighted by Crippen LogP contribution is -2.39. The van der Waals surface area contributed by atoms with Crippen molar-refractivity contribution in [2.24, 2.45) is 4.99 Å². The van der Waals surface area contributed by atoms with Gasteiger partial charge in [0.05, 0.1) is 25.8 Å². The molecule has 1 saturated heterocycles. The summed E-state index contributed by atoms with van der Waals surface area (Å²) in [7, 11) is 1.69. The molecule has 0 aromatic carbocycles. The zero-order valence-corrected chi connectivity index (χ0v) is 19.8. The fourth-order valence-electron chi connectivity index (χ4n) is 3.06. The average molecular weight is 510 g/mol. The van der Waals surface area contributed by atoms with Gasteiger partial charge in [0.1, 0.15) is 0 Å². The van der Waals surface area contributed by atoms with Crippen LogP contribution in [0.5, 0.6) is 0 Å². The molecule has 1 aromatic heterocycles. The van der Waals surface area contributed by atoms with Crippen molar-refractivity contribution < 1.29 is 9.47 Å². The van der Waals surface area contributed by atoms with E-state index in [1.165, 1.54) is 30.8 Å². The standard InChI is InChI=1S/C19H34N4O2S.HI/c1-3-20-19(21-9-7-12-25-14-13-24-2)22-16-17(18-8-6-15-26-18)23-10-4-5-11-23;/h6,8,15,17H,3-5,7,9-14,16H2,1-2H3,(H2,20,21,22);1H. The third-order valence-corrected chi connectivity index (χ3v) is 5.38. The second kappa shape index (κ2) is 15.5. The summed E-state index contributed by atoms with van der Waals surface area (Å²) in [5.41, 5.74) is 0. The van der Waals surface area contributed by atoms with Gasteiger partial charge in [-0.3, -0.25) is 9.89 Å². The van der Waals surface area contributed by atoms with Crippen molar-refractivity contribution in [1.29, 1.82) is 0 Å². The highest BCUT2D eigenvalue weighted by Gasteiger charge is 2.24. The summed E-state index contributed by atoms with van der Waals surface area (Å²) >= 11 is 1.84.